The van der Waals surface area contributed by atoms with E-state index in [1.54, 1.807) is 14.2 Å². The van der Waals surface area contributed by atoms with Gasteiger partial charge in [0.2, 0.25) is 0 Å². The molecule has 0 N–H and O–H groups in total. The second-order valence-corrected chi connectivity index (χ2v) is 4.90. The maximum absolute atomic E-state index is 11.4. The summed E-state index contributed by atoms with van der Waals surface area (Å²) in [6.07, 6.45) is -0.283. The van der Waals surface area contributed by atoms with Crippen molar-refractivity contribution in [3.8, 4) is 11.3 Å². The van der Waals surface area contributed by atoms with Gasteiger partial charge in [0.25, 0.3) is 0 Å². The van der Waals surface area contributed by atoms with Gasteiger partial charge in [0, 0.05) is 19.8 Å². The average Bonchev–Trinajstić information content (AvgIpc) is 2.90. The Bertz CT molecular complexity index is 640. The zero-order valence-corrected chi connectivity index (χ0v) is 13.2. The number of furan rings is 1. The lowest BCUT2D eigenvalue weighted by molar-refractivity contribution is -0.139. The molecule has 0 radical (unpaired) electrons. The molecule has 0 aliphatic heterocycles. The fraction of sp³-hybridized carbons (Fsp3) is 0.353. The highest BCUT2D eigenvalue weighted by Gasteiger charge is 2.20. The van der Waals surface area contributed by atoms with Crippen LogP contribution in [0.4, 0.5) is 0 Å². The lowest BCUT2D eigenvalue weighted by atomic mass is 10.0. The summed E-state index contributed by atoms with van der Waals surface area (Å²) < 4.78 is 21.1. The van der Waals surface area contributed by atoms with Gasteiger partial charge in [-0.05, 0) is 24.6 Å². The maximum Gasteiger partial charge on any atom is 0.309 e. The zero-order chi connectivity index (χ0) is 16.1. The standard InChI is InChI=1S/C17H20O5/c1-11-8-14(17(20-3)21-4)16(22-11)13-7-5-6-12(9-13)10-15(18)19-2/h5-9,17H,10H2,1-4H3. The van der Waals surface area contributed by atoms with E-state index in [1.807, 2.05) is 37.3 Å². The molecule has 5 nitrogen and oxygen atoms in total. The van der Waals surface area contributed by atoms with E-state index in [1.165, 1.54) is 7.11 Å². The summed E-state index contributed by atoms with van der Waals surface area (Å²) in [5.41, 5.74) is 2.54. The Morgan fingerprint density at radius 1 is 1.18 bits per heavy atom. The van der Waals surface area contributed by atoms with Gasteiger partial charge >= 0.3 is 5.97 Å². The molecule has 5 heteroatoms. The van der Waals surface area contributed by atoms with Crippen molar-refractivity contribution in [1.29, 1.82) is 0 Å². The van der Waals surface area contributed by atoms with Gasteiger partial charge in [-0.3, -0.25) is 4.79 Å². The summed E-state index contributed by atoms with van der Waals surface area (Å²) in [6, 6.07) is 9.47. The van der Waals surface area contributed by atoms with Crippen LogP contribution in [0.5, 0.6) is 0 Å². The molecule has 2 aromatic rings. The van der Waals surface area contributed by atoms with Crippen molar-refractivity contribution in [3.63, 3.8) is 0 Å². The zero-order valence-electron chi connectivity index (χ0n) is 13.2. The van der Waals surface area contributed by atoms with Crippen molar-refractivity contribution in [2.75, 3.05) is 21.3 Å². The summed E-state index contributed by atoms with van der Waals surface area (Å²) in [5.74, 6) is 1.17. The first-order valence-electron chi connectivity index (χ1n) is 6.91. The summed E-state index contributed by atoms with van der Waals surface area (Å²) in [4.78, 5) is 11.4. The number of aryl methyl sites for hydroxylation is 1. The van der Waals surface area contributed by atoms with Crippen LogP contribution in [0.2, 0.25) is 0 Å². The molecule has 0 bridgehead atoms. The first kappa shape index (κ1) is 16.3. The number of methoxy groups -OCH3 is 3. The van der Waals surface area contributed by atoms with Gasteiger partial charge in [0.15, 0.2) is 6.29 Å². The third kappa shape index (κ3) is 3.55. The molecule has 0 amide bonds. The van der Waals surface area contributed by atoms with Crippen LogP contribution >= 0.6 is 0 Å². The van der Waals surface area contributed by atoms with Crippen molar-refractivity contribution in [2.24, 2.45) is 0 Å². The minimum absolute atomic E-state index is 0.220. The molecule has 22 heavy (non-hydrogen) atoms. The van der Waals surface area contributed by atoms with Crippen LogP contribution in [0.3, 0.4) is 0 Å². The molecular formula is C17H20O5. The first-order chi connectivity index (χ1) is 10.6. The number of carbonyl (C=O) groups is 1. The molecule has 118 valence electrons. The molecule has 1 heterocycles. The Kier molecular flexibility index (Phi) is 5.35. The van der Waals surface area contributed by atoms with Crippen LogP contribution < -0.4 is 0 Å². The summed E-state index contributed by atoms with van der Waals surface area (Å²) >= 11 is 0. The number of rotatable bonds is 6. The third-order valence-corrected chi connectivity index (χ3v) is 3.33. The second-order valence-electron chi connectivity index (χ2n) is 4.90. The fourth-order valence-corrected chi connectivity index (χ4v) is 2.35. The molecule has 2 rings (SSSR count). The molecule has 0 saturated heterocycles. The molecule has 1 aromatic carbocycles. The molecule has 0 fully saturated rings. The van der Waals surface area contributed by atoms with Gasteiger partial charge in [-0.25, -0.2) is 0 Å². The van der Waals surface area contributed by atoms with E-state index >= 15 is 0 Å². The third-order valence-electron chi connectivity index (χ3n) is 3.33. The molecule has 0 saturated carbocycles. The molecule has 0 spiro atoms. The Hall–Kier alpha value is -2.11. The van der Waals surface area contributed by atoms with Crippen LogP contribution in [0, 0.1) is 6.92 Å². The number of esters is 1. The SMILES string of the molecule is COC(=O)Cc1cccc(-c2oc(C)cc2C(OC)OC)c1. The number of hydrogen-bond donors (Lipinski definition) is 0. The van der Waals surface area contributed by atoms with Gasteiger partial charge in [0.05, 0.1) is 19.1 Å². The van der Waals surface area contributed by atoms with Crippen molar-refractivity contribution < 1.29 is 23.4 Å². The van der Waals surface area contributed by atoms with Gasteiger partial charge in [-0.15, -0.1) is 0 Å². The lowest BCUT2D eigenvalue weighted by Gasteiger charge is -2.13. The summed E-state index contributed by atoms with van der Waals surface area (Å²) in [5, 5.41) is 0. The van der Waals surface area contributed by atoms with Crippen LogP contribution in [-0.4, -0.2) is 27.3 Å². The summed E-state index contributed by atoms with van der Waals surface area (Å²) in [6.45, 7) is 1.87. The number of benzene rings is 1. The number of hydrogen-bond acceptors (Lipinski definition) is 5. The quantitative estimate of drug-likeness (QED) is 0.605. The molecule has 0 aliphatic rings. The Labute approximate surface area is 129 Å². The van der Waals surface area contributed by atoms with E-state index in [4.69, 9.17) is 18.6 Å². The van der Waals surface area contributed by atoms with Crippen molar-refractivity contribution >= 4 is 5.97 Å². The van der Waals surface area contributed by atoms with Crippen LogP contribution in [0.15, 0.2) is 34.7 Å². The van der Waals surface area contributed by atoms with E-state index in [2.05, 4.69) is 0 Å². The topological polar surface area (TPSA) is 57.9 Å². The smallest absolute Gasteiger partial charge is 0.309 e. The molecule has 0 atom stereocenters. The highest BCUT2D eigenvalue weighted by Crippen LogP contribution is 2.33. The van der Waals surface area contributed by atoms with Crippen LogP contribution in [-0.2, 0) is 25.4 Å². The van der Waals surface area contributed by atoms with E-state index in [-0.39, 0.29) is 12.4 Å². The average molecular weight is 304 g/mol. The largest absolute Gasteiger partial charge is 0.469 e. The normalized spacial score (nSPS) is 11.0. The molecule has 0 unspecified atom stereocenters. The van der Waals surface area contributed by atoms with Gasteiger partial charge in [0.1, 0.15) is 11.5 Å². The molecular weight excluding hydrogens is 284 g/mol. The Balaban J connectivity index is 2.39. The Morgan fingerprint density at radius 2 is 1.91 bits per heavy atom. The minimum Gasteiger partial charge on any atom is -0.469 e. The van der Waals surface area contributed by atoms with Crippen molar-refractivity contribution in [3.05, 3.63) is 47.2 Å². The first-order valence-corrected chi connectivity index (χ1v) is 6.91. The van der Waals surface area contributed by atoms with Gasteiger partial charge in [-0.2, -0.15) is 0 Å². The fourth-order valence-electron chi connectivity index (χ4n) is 2.35. The van der Waals surface area contributed by atoms with E-state index in [0.29, 0.717) is 5.76 Å². The minimum atomic E-state index is -0.503. The highest BCUT2D eigenvalue weighted by molar-refractivity contribution is 5.73. The van der Waals surface area contributed by atoms with Crippen LogP contribution in [0.1, 0.15) is 23.2 Å². The van der Waals surface area contributed by atoms with E-state index in [9.17, 15) is 4.79 Å². The second kappa shape index (κ2) is 7.24. The van der Waals surface area contributed by atoms with Gasteiger partial charge < -0.3 is 18.6 Å². The maximum atomic E-state index is 11.4. The predicted molar refractivity (Wildman–Crippen MR) is 81.4 cm³/mol. The van der Waals surface area contributed by atoms with Crippen molar-refractivity contribution in [1.82, 2.24) is 0 Å². The number of ether oxygens (including phenoxy) is 3. The molecule has 1 aromatic heterocycles. The summed E-state index contributed by atoms with van der Waals surface area (Å²) in [7, 11) is 4.53. The van der Waals surface area contributed by atoms with Crippen molar-refractivity contribution in [2.45, 2.75) is 19.6 Å². The molecule has 0 aliphatic carbocycles. The highest BCUT2D eigenvalue weighted by atomic mass is 16.7. The monoisotopic (exact) mass is 304 g/mol. The predicted octanol–water partition coefficient (Wildman–Crippen LogP) is 3.26. The number of carbonyl (C=O) groups excluding carboxylic acids is 1. The van der Waals surface area contributed by atoms with Crippen LogP contribution in [0.25, 0.3) is 11.3 Å². The Morgan fingerprint density at radius 3 is 2.55 bits per heavy atom. The lowest BCUT2D eigenvalue weighted by Crippen LogP contribution is -2.05. The van der Waals surface area contributed by atoms with E-state index in [0.717, 1.165) is 22.5 Å². The van der Waals surface area contributed by atoms with E-state index < -0.39 is 6.29 Å². The van der Waals surface area contributed by atoms with Gasteiger partial charge in [-0.1, -0.05) is 18.2 Å².